The van der Waals surface area contributed by atoms with Crippen LogP contribution < -0.4 is 4.90 Å². The van der Waals surface area contributed by atoms with E-state index in [1.54, 1.807) is 11.9 Å². The average molecular weight is 294 g/mol. The molecule has 2 aliphatic heterocycles. The predicted octanol–water partition coefficient (Wildman–Crippen LogP) is 2.10. The highest BCUT2D eigenvalue weighted by atomic mass is 79.9. The van der Waals surface area contributed by atoms with Crippen LogP contribution in [0, 0.1) is 0 Å². The lowest BCUT2D eigenvalue weighted by Crippen LogP contribution is -2.50. The minimum Gasteiger partial charge on any atom is -0.307 e. The van der Waals surface area contributed by atoms with Gasteiger partial charge in [0.1, 0.15) is 0 Å². The number of carbonyl (C=O) groups excluding carboxylic acids is 1. The Hall–Kier alpha value is -1.36. The van der Waals surface area contributed by atoms with Gasteiger partial charge in [-0.15, -0.1) is 0 Å². The lowest BCUT2D eigenvalue weighted by atomic mass is 10.1. The van der Waals surface area contributed by atoms with E-state index in [1.165, 1.54) is 0 Å². The summed E-state index contributed by atoms with van der Waals surface area (Å²) in [4.78, 5) is 20.4. The molecule has 0 fully saturated rings. The Bertz CT molecular complexity index is 541. The summed E-state index contributed by atoms with van der Waals surface area (Å²) in [5, 5.41) is 0. The number of anilines is 1. The van der Waals surface area contributed by atoms with Gasteiger partial charge in [0.05, 0.1) is 23.8 Å². The van der Waals surface area contributed by atoms with E-state index in [9.17, 15) is 4.79 Å². The molecule has 3 rings (SSSR count). The molecule has 17 heavy (non-hydrogen) atoms. The summed E-state index contributed by atoms with van der Waals surface area (Å²) in [7, 11) is 1.77. The van der Waals surface area contributed by atoms with Crippen LogP contribution in [0.1, 0.15) is 17.3 Å². The van der Waals surface area contributed by atoms with E-state index in [0.717, 1.165) is 28.2 Å². The van der Waals surface area contributed by atoms with Gasteiger partial charge < -0.3 is 4.90 Å². The highest BCUT2D eigenvalue weighted by Crippen LogP contribution is 2.33. The second-order valence-electron chi connectivity index (χ2n) is 4.39. The smallest absolute Gasteiger partial charge is 0.262 e. The molecule has 0 bridgehead atoms. The number of hydrogen-bond donors (Lipinski definition) is 0. The molecule has 0 N–H and O–H groups in total. The van der Waals surface area contributed by atoms with Crippen LogP contribution in [0.2, 0.25) is 0 Å². The van der Waals surface area contributed by atoms with Crippen molar-refractivity contribution in [2.75, 3.05) is 18.5 Å². The molecule has 2 aliphatic rings. The summed E-state index contributed by atoms with van der Waals surface area (Å²) in [5.41, 5.74) is 1.69. The number of hydrogen-bond acceptors (Lipinski definition) is 3. The van der Waals surface area contributed by atoms with Crippen molar-refractivity contribution in [2.45, 2.75) is 13.0 Å². The summed E-state index contributed by atoms with van der Waals surface area (Å²) in [6, 6.07) is 6.11. The predicted molar refractivity (Wildman–Crippen MR) is 70.5 cm³/mol. The van der Waals surface area contributed by atoms with Crippen LogP contribution in [0.3, 0.4) is 0 Å². The average Bonchev–Trinajstić information content (AvgIpc) is 2.69. The van der Waals surface area contributed by atoms with Gasteiger partial charge in [0.15, 0.2) is 0 Å². The second kappa shape index (κ2) is 3.57. The molecular weight excluding hydrogens is 282 g/mol. The third-order valence-electron chi connectivity index (χ3n) is 3.21. The van der Waals surface area contributed by atoms with Crippen LogP contribution >= 0.6 is 15.9 Å². The maximum Gasteiger partial charge on any atom is 0.262 e. The number of amides is 1. The number of nitrogens with zero attached hydrogens (tertiary/aromatic N) is 3. The minimum absolute atomic E-state index is 0.00500. The third kappa shape index (κ3) is 1.42. The SMILES string of the molecule is C[C@@H]1CN=C2N(C)C(=O)c3cc(Br)ccc3N21. The van der Waals surface area contributed by atoms with Crippen LogP contribution in [-0.4, -0.2) is 36.4 Å². The zero-order chi connectivity index (χ0) is 12.2. The first-order valence-corrected chi connectivity index (χ1v) is 6.30. The van der Waals surface area contributed by atoms with E-state index in [1.807, 2.05) is 18.2 Å². The van der Waals surface area contributed by atoms with Gasteiger partial charge in [0.25, 0.3) is 5.91 Å². The molecule has 0 aliphatic carbocycles. The zero-order valence-electron chi connectivity index (χ0n) is 9.64. The van der Waals surface area contributed by atoms with E-state index in [4.69, 9.17) is 0 Å². The number of halogens is 1. The molecule has 2 heterocycles. The molecule has 5 heteroatoms. The Morgan fingerprint density at radius 3 is 3.00 bits per heavy atom. The van der Waals surface area contributed by atoms with Gasteiger partial charge in [0, 0.05) is 11.5 Å². The minimum atomic E-state index is 0.00500. The van der Waals surface area contributed by atoms with Crippen molar-refractivity contribution in [3.63, 3.8) is 0 Å². The van der Waals surface area contributed by atoms with E-state index in [2.05, 4.69) is 32.7 Å². The molecule has 1 atom stereocenters. The van der Waals surface area contributed by atoms with Gasteiger partial charge in [-0.25, -0.2) is 0 Å². The fourth-order valence-corrected chi connectivity index (χ4v) is 2.70. The molecule has 0 radical (unpaired) electrons. The zero-order valence-corrected chi connectivity index (χ0v) is 11.2. The van der Waals surface area contributed by atoms with Crippen LogP contribution in [0.25, 0.3) is 0 Å². The van der Waals surface area contributed by atoms with Crippen LogP contribution in [0.4, 0.5) is 5.69 Å². The van der Waals surface area contributed by atoms with Crippen LogP contribution in [0.5, 0.6) is 0 Å². The number of fused-ring (bicyclic) bond motifs is 3. The molecule has 1 aromatic carbocycles. The van der Waals surface area contributed by atoms with Gasteiger partial charge in [-0.1, -0.05) is 15.9 Å². The van der Waals surface area contributed by atoms with Gasteiger partial charge in [-0.3, -0.25) is 14.7 Å². The largest absolute Gasteiger partial charge is 0.307 e. The quantitative estimate of drug-likeness (QED) is 0.734. The van der Waals surface area contributed by atoms with Crippen molar-refractivity contribution in [3.05, 3.63) is 28.2 Å². The summed E-state index contributed by atoms with van der Waals surface area (Å²) in [6.07, 6.45) is 0. The molecule has 4 nitrogen and oxygen atoms in total. The van der Waals surface area contributed by atoms with Crippen molar-refractivity contribution in [1.82, 2.24) is 4.90 Å². The summed E-state index contributed by atoms with van der Waals surface area (Å²) < 4.78 is 0.922. The molecule has 0 unspecified atom stereocenters. The number of rotatable bonds is 0. The van der Waals surface area contributed by atoms with Crippen molar-refractivity contribution in [2.24, 2.45) is 4.99 Å². The maximum atomic E-state index is 12.2. The van der Waals surface area contributed by atoms with Gasteiger partial charge >= 0.3 is 0 Å². The first-order chi connectivity index (χ1) is 8.09. The maximum absolute atomic E-state index is 12.2. The molecule has 0 saturated carbocycles. The topological polar surface area (TPSA) is 35.9 Å². The molecule has 1 amide bonds. The Balaban J connectivity index is 2.23. The van der Waals surface area contributed by atoms with Crippen LogP contribution in [-0.2, 0) is 0 Å². The number of benzene rings is 1. The lowest BCUT2D eigenvalue weighted by molar-refractivity contribution is 0.0865. The molecular formula is C12H12BrN3O. The van der Waals surface area contributed by atoms with E-state index in [0.29, 0.717) is 6.04 Å². The summed E-state index contributed by atoms with van der Waals surface area (Å²) in [5.74, 6) is 0.766. The Morgan fingerprint density at radius 1 is 1.47 bits per heavy atom. The lowest BCUT2D eigenvalue weighted by Gasteiger charge is -2.36. The monoisotopic (exact) mass is 293 g/mol. The Kier molecular flexibility index (Phi) is 2.26. The van der Waals surface area contributed by atoms with Crippen LogP contribution in [0.15, 0.2) is 27.7 Å². The molecule has 1 aromatic rings. The second-order valence-corrected chi connectivity index (χ2v) is 5.30. The summed E-state index contributed by atoms with van der Waals surface area (Å²) >= 11 is 3.41. The standard InChI is InChI=1S/C12H12BrN3O/c1-7-6-14-12-15(2)11(17)9-5-8(13)3-4-10(9)16(7)12/h3-5,7H,6H2,1-2H3/t7-/m1/s1. The first kappa shape index (κ1) is 10.8. The fraction of sp³-hybridized carbons (Fsp3) is 0.333. The van der Waals surface area contributed by atoms with Crippen molar-refractivity contribution in [1.29, 1.82) is 0 Å². The fourth-order valence-electron chi connectivity index (χ4n) is 2.34. The first-order valence-electron chi connectivity index (χ1n) is 5.51. The van der Waals surface area contributed by atoms with E-state index < -0.39 is 0 Å². The Morgan fingerprint density at radius 2 is 2.24 bits per heavy atom. The molecule has 0 saturated heterocycles. The van der Waals surface area contributed by atoms with Gasteiger partial charge in [0.2, 0.25) is 5.96 Å². The van der Waals surface area contributed by atoms with E-state index >= 15 is 0 Å². The molecule has 88 valence electrons. The van der Waals surface area contributed by atoms with Crippen molar-refractivity contribution in [3.8, 4) is 0 Å². The number of carbonyl (C=O) groups is 1. The van der Waals surface area contributed by atoms with Gasteiger partial charge in [-0.05, 0) is 25.1 Å². The number of guanidine groups is 1. The van der Waals surface area contributed by atoms with Crippen molar-refractivity contribution < 1.29 is 4.79 Å². The highest BCUT2D eigenvalue weighted by molar-refractivity contribution is 9.10. The third-order valence-corrected chi connectivity index (χ3v) is 3.70. The summed E-state index contributed by atoms with van der Waals surface area (Å²) in [6.45, 7) is 2.86. The van der Waals surface area contributed by atoms with Crippen molar-refractivity contribution >= 4 is 33.5 Å². The van der Waals surface area contributed by atoms with E-state index in [-0.39, 0.29) is 5.91 Å². The Labute approximate surface area is 108 Å². The highest BCUT2D eigenvalue weighted by Gasteiger charge is 2.38. The van der Waals surface area contributed by atoms with Gasteiger partial charge in [-0.2, -0.15) is 0 Å². The number of aliphatic imine (C=N–C) groups is 1. The normalized spacial score (nSPS) is 22.4. The molecule has 0 aromatic heterocycles. The molecule has 0 spiro atoms.